The Morgan fingerprint density at radius 2 is 2.18 bits per heavy atom. The minimum Gasteiger partial charge on any atom is -0.353 e. The van der Waals surface area contributed by atoms with E-state index < -0.39 is 9.84 Å². The Labute approximate surface area is 172 Å². The van der Waals surface area contributed by atoms with E-state index in [1.165, 1.54) is 18.0 Å². The zero-order valence-corrected chi connectivity index (χ0v) is 17.7. The predicted octanol–water partition coefficient (Wildman–Crippen LogP) is 2.74. The van der Waals surface area contributed by atoms with Gasteiger partial charge in [0.1, 0.15) is 5.82 Å². The van der Waals surface area contributed by atoms with Crippen molar-refractivity contribution in [2.24, 2.45) is 0 Å². The number of aromatic nitrogens is 3. The molecule has 2 aromatic rings. The molecule has 2 aliphatic rings. The molecule has 0 aliphatic carbocycles. The lowest BCUT2D eigenvalue weighted by Gasteiger charge is -2.42. The van der Waals surface area contributed by atoms with Crippen LogP contribution in [-0.4, -0.2) is 61.7 Å². The molecule has 1 atom stereocenters. The van der Waals surface area contributed by atoms with Gasteiger partial charge in [0.25, 0.3) is 0 Å². The smallest absolute Gasteiger partial charge is 0.225 e. The number of imidazole rings is 1. The minimum absolute atomic E-state index is 0.0620. The molecule has 0 bridgehead atoms. The van der Waals surface area contributed by atoms with Gasteiger partial charge in [0.05, 0.1) is 22.3 Å². The highest BCUT2D eigenvalue weighted by Crippen LogP contribution is 2.38. The van der Waals surface area contributed by atoms with Crippen molar-refractivity contribution in [3.05, 3.63) is 23.5 Å². The standard InChI is InChI=1S/C17H21ClN4O4S2/c1-28(23,24)17-20-8-13(21-17)27-12-5-6-19-16(15(12)18)22-9-11(10-22)26-14-4-2-3-7-25-14/h5-6,8,11,14H,2-4,7,9-10H2,1H3,(H,20,21). The van der Waals surface area contributed by atoms with E-state index in [9.17, 15) is 8.42 Å². The first-order chi connectivity index (χ1) is 13.4. The summed E-state index contributed by atoms with van der Waals surface area (Å²) in [5.74, 6) is 0.693. The van der Waals surface area contributed by atoms with E-state index in [0.29, 0.717) is 29.0 Å². The summed E-state index contributed by atoms with van der Waals surface area (Å²) >= 11 is 7.87. The summed E-state index contributed by atoms with van der Waals surface area (Å²) in [6, 6.07) is 1.79. The maximum atomic E-state index is 11.6. The van der Waals surface area contributed by atoms with Gasteiger partial charge in [0.15, 0.2) is 6.29 Å². The monoisotopic (exact) mass is 444 g/mol. The third-order valence-corrected chi connectivity index (χ3v) is 6.95. The predicted molar refractivity (Wildman–Crippen MR) is 106 cm³/mol. The van der Waals surface area contributed by atoms with E-state index >= 15 is 0 Å². The van der Waals surface area contributed by atoms with Crippen LogP contribution in [0.25, 0.3) is 0 Å². The van der Waals surface area contributed by atoms with Crippen LogP contribution in [0.2, 0.25) is 5.02 Å². The Bertz CT molecular complexity index is 940. The molecule has 4 rings (SSSR count). The first-order valence-corrected chi connectivity index (χ1v) is 12.1. The van der Waals surface area contributed by atoms with Crippen molar-refractivity contribution >= 4 is 39.0 Å². The van der Waals surface area contributed by atoms with Crippen molar-refractivity contribution in [2.75, 3.05) is 30.9 Å². The van der Waals surface area contributed by atoms with Gasteiger partial charge < -0.3 is 19.4 Å². The second-order valence-corrected chi connectivity index (χ2v) is 10.2. The molecule has 152 valence electrons. The molecule has 0 spiro atoms. The number of aromatic amines is 1. The lowest BCUT2D eigenvalue weighted by atomic mass is 10.1. The van der Waals surface area contributed by atoms with Gasteiger partial charge in [-0.05, 0) is 25.3 Å². The Hall–Kier alpha value is -1.33. The Morgan fingerprint density at radius 1 is 1.36 bits per heavy atom. The summed E-state index contributed by atoms with van der Waals surface area (Å²) in [4.78, 5) is 13.9. The second kappa shape index (κ2) is 8.19. The van der Waals surface area contributed by atoms with Crippen LogP contribution < -0.4 is 4.90 Å². The van der Waals surface area contributed by atoms with Crippen LogP contribution in [0.5, 0.6) is 0 Å². The number of H-pyrrole nitrogens is 1. The van der Waals surface area contributed by atoms with Crippen LogP contribution in [-0.2, 0) is 19.3 Å². The Kier molecular flexibility index (Phi) is 5.84. The van der Waals surface area contributed by atoms with Gasteiger partial charge in [-0.3, -0.25) is 0 Å². The quantitative estimate of drug-likeness (QED) is 0.726. The van der Waals surface area contributed by atoms with Crippen LogP contribution >= 0.6 is 23.4 Å². The molecular formula is C17H21ClN4O4S2. The summed E-state index contributed by atoms with van der Waals surface area (Å²) in [6.45, 7) is 2.19. The van der Waals surface area contributed by atoms with Crippen molar-refractivity contribution in [3.8, 4) is 0 Å². The lowest BCUT2D eigenvalue weighted by Crippen LogP contribution is -2.54. The van der Waals surface area contributed by atoms with Crippen LogP contribution in [0, 0.1) is 0 Å². The fourth-order valence-electron chi connectivity index (χ4n) is 3.09. The highest BCUT2D eigenvalue weighted by atomic mass is 35.5. The first kappa shape index (κ1) is 20.0. The maximum Gasteiger partial charge on any atom is 0.225 e. The van der Waals surface area contributed by atoms with Gasteiger partial charge in [0, 0.05) is 37.0 Å². The fourth-order valence-corrected chi connectivity index (χ4v) is 4.84. The number of pyridine rings is 1. The number of ether oxygens (including phenoxy) is 2. The van der Waals surface area contributed by atoms with Gasteiger partial charge >= 0.3 is 0 Å². The van der Waals surface area contributed by atoms with Crippen molar-refractivity contribution in [1.29, 1.82) is 0 Å². The molecular weight excluding hydrogens is 424 g/mol. The number of hydrogen-bond donors (Lipinski definition) is 1. The molecule has 2 saturated heterocycles. The van der Waals surface area contributed by atoms with Crippen molar-refractivity contribution in [3.63, 3.8) is 0 Å². The maximum absolute atomic E-state index is 11.6. The van der Waals surface area contributed by atoms with E-state index in [1.54, 1.807) is 12.3 Å². The second-order valence-electron chi connectivity index (χ2n) is 6.83. The third kappa shape index (κ3) is 4.46. The van der Waals surface area contributed by atoms with Gasteiger partial charge in [0.2, 0.25) is 15.0 Å². The van der Waals surface area contributed by atoms with E-state index in [0.717, 1.165) is 37.0 Å². The lowest BCUT2D eigenvalue weighted by molar-refractivity contribution is -0.191. The molecule has 1 unspecified atom stereocenters. The highest BCUT2D eigenvalue weighted by Gasteiger charge is 2.33. The molecule has 8 nitrogen and oxygen atoms in total. The highest BCUT2D eigenvalue weighted by molar-refractivity contribution is 7.99. The largest absolute Gasteiger partial charge is 0.353 e. The summed E-state index contributed by atoms with van der Waals surface area (Å²) in [5.41, 5.74) is 0. The summed E-state index contributed by atoms with van der Waals surface area (Å²) in [7, 11) is -3.38. The molecule has 0 aromatic carbocycles. The number of nitrogens with one attached hydrogen (secondary N) is 1. The van der Waals surface area contributed by atoms with Crippen molar-refractivity contribution in [1.82, 2.24) is 15.0 Å². The summed E-state index contributed by atoms with van der Waals surface area (Å²) in [6.07, 6.45) is 7.48. The number of anilines is 1. The number of sulfone groups is 1. The van der Waals surface area contributed by atoms with Crippen LogP contribution in [0.1, 0.15) is 19.3 Å². The fraction of sp³-hybridized carbons (Fsp3) is 0.529. The van der Waals surface area contributed by atoms with Gasteiger partial charge in [-0.2, -0.15) is 0 Å². The zero-order valence-electron chi connectivity index (χ0n) is 15.3. The van der Waals surface area contributed by atoms with Crippen LogP contribution in [0.3, 0.4) is 0 Å². The molecule has 0 amide bonds. The van der Waals surface area contributed by atoms with Gasteiger partial charge in [-0.15, -0.1) is 0 Å². The normalized spacial score (nSPS) is 20.9. The Morgan fingerprint density at radius 3 is 2.86 bits per heavy atom. The molecule has 28 heavy (non-hydrogen) atoms. The molecule has 4 heterocycles. The van der Waals surface area contributed by atoms with Crippen LogP contribution in [0.4, 0.5) is 5.82 Å². The topological polar surface area (TPSA) is 97.4 Å². The number of rotatable bonds is 6. The van der Waals surface area contributed by atoms with Crippen molar-refractivity contribution in [2.45, 2.75) is 46.7 Å². The first-order valence-electron chi connectivity index (χ1n) is 8.99. The molecule has 11 heteroatoms. The molecule has 1 N–H and O–H groups in total. The zero-order chi connectivity index (χ0) is 19.7. The number of nitrogens with zero attached hydrogens (tertiary/aromatic N) is 3. The molecule has 2 aliphatic heterocycles. The molecule has 0 radical (unpaired) electrons. The average molecular weight is 445 g/mol. The van der Waals surface area contributed by atoms with Crippen molar-refractivity contribution < 1.29 is 17.9 Å². The third-order valence-electron chi connectivity index (χ3n) is 4.57. The van der Waals surface area contributed by atoms with E-state index in [-0.39, 0.29) is 17.6 Å². The summed E-state index contributed by atoms with van der Waals surface area (Å²) < 4.78 is 34.7. The van der Waals surface area contributed by atoms with E-state index in [1.807, 2.05) is 0 Å². The van der Waals surface area contributed by atoms with E-state index in [2.05, 4.69) is 19.9 Å². The Balaban J connectivity index is 1.39. The van der Waals surface area contributed by atoms with Gasteiger partial charge in [-0.25, -0.2) is 18.4 Å². The molecule has 0 saturated carbocycles. The average Bonchev–Trinajstić information content (AvgIpc) is 3.10. The van der Waals surface area contributed by atoms with E-state index in [4.69, 9.17) is 21.1 Å². The number of hydrogen-bond acceptors (Lipinski definition) is 8. The molecule has 2 aromatic heterocycles. The van der Waals surface area contributed by atoms with Gasteiger partial charge in [-0.1, -0.05) is 23.4 Å². The summed E-state index contributed by atoms with van der Waals surface area (Å²) in [5, 5.41) is 1.06. The SMILES string of the molecule is CS(=O)(=O)c1ncc(Sc2ccnc(N3CC(OC4CCCCO4)C3)c2Cl)[nH]1. The number of halogens is 1. The minimum atomic E-state index is -3.38. The van der Waals surface area contributed by atoms with Crippen LogP contribution in [0.15, 0.2) is 33.5 Å². The molecule has 2 fully saturated rings.